The van der Waals surface area contributed by atoms with Gasteiger partial charge in [-0.15, -0.1) is 0 Å². The summed E-state index contributed by atoms with van der Waals surface area (Å²) in [5, 5.41) is 10.5. The number of hydrogen-bond acceptors (Lipinski definition) is 4. The fourth-order valence-electron chi connectivity index (χ4n) is 1.53. The number of phenols is 1. The third kappa shape index (κ3) is 2.25. The Kier molecular flexibility index (Phi) is 2.73. The van der Waals surface area contributed by atoms with Crippen molar-refractivity contribution in [3.05, 3.63) is 36.0 Å². The highest BCUT2D eigenvalue weighted by molar-refractivity contribution is 7.46. The van der Waals surface area contributed by atoms with Gasteiger partial charge in [0, 0.05) is 6.20 Å². The van der Waals surface area contributed by atoms with Gasteiger partial charge in [0.05, 0.1) is 0 Å². The first-order chi connectivity index (χ1) is 7.47. The number of hydroxylamine groups is 1. The van der Waals surface area contributed by atoms with Crippen molar-refractivity contribution in [3.63, 3.8) is 0 Å². The predicted octanol–water partition coefficient (Wildman–Crippen LogP) is 1.29. The summed E-state index contributed by atoms with van der Waals surface area (Å²) in [6.07, 6.45) is 3.61. The maximum absolute atomic E-state index is 10.7. The lowest BCUT2D eigenvalue weighted by atomic mass is 10.1. The van der Waals surface area contributed by atoms with Crippen LogP contribution < -0.4 is 5.06 Å². The Hall–Kier alpha value is -1.33. The van der Waals surface area contributed by atoms with Crippen LogP contribution in [0.1, 0.15) is 5.56 Å². The lowest BCUT2D eigenvalue weighted by Gasteiger charge is -2.25. The molecule has 0 unspecified atom stereocenters. The first kappa shape index (κ1) is 11.2. The van der Waals surface area contributed by atoms with Gasteiger partial charge in [0.25, 0.3) is 0 Å². The molecule has 6 nitrogen and oxygen atoms in total. The Labute approximate surface area is 91.6 Å². The number of nitrogens with zero attached hydrogens (tertiary/aromatic N) is 1. The zero-order valence-electron chi connectivity index (χ0n) is 8.15. The molecule has 1 aliphatic heterocycles. The van der Waals surface area contributed by atoms with Crippen molar-refractivity contribution in [2.75, 3.05) is 5.06 Å². The second kappa shape index (κ2) is 3.92. The molecule has 3 N–H and O–H groups in total. The number of anilines is 1. The summed E-state index contributed by atoms with van der Waals surface area (Å²) in [5.74, 6) is -0.0877. The molecule has 86 valence electrons. The van der Waals surface area contributed by atoms with Crippen molar-refractivity contribution in [3.8, 4) is 5.75 Å². The maximum atomic E-state index is 10.7. The maximum Gasteiger partial charge on any atom is 0.491 e. The molecule has 2 rings (SSSR count). The summed E-state index contributed by atoms with van der Waals surface area (Å²) in [7, 11) is -4.65. The van der Waals surface area contributed by atoms with Crippen LogP contribution in [0.3, 0.4) is 0 Å². The molecular weight excluding hydrogens is 233 g/mol. The zero-order chi connectivity index (χ0) is 11.8. The van der Waals surface area contributed by atoms with E-state index < -0.39 is 7.82 Å². The standard InChI is InChI=1S/C9H10NO5P/c11-8-5-1-3-7-4-2-6-10(9(7)8)15-16(12,13)14/h1-3,5-6,11H,4H2,(H2,12,13,14). The Morgan fingerprint density at radius 2 is 2.12 bits per heavy atom. The van der Waals surface area contributed by atoms with E-state index in [1.54, 1.807) is 18.2 Å². The molecule has 7 heteroatoms. The van der Waals surface area contributed by atoms with Crippen LogP contribution in [0, 0.1) is 0 Å². The van der Waals surface area contributed by atoms with Crippen LogP contribution >= 0.6 is 7.82 Å². The van der Waals surface area contributed by atoms with Gasteiger partial charge in [-0.05, 0) is 18.1 Å². The Morgan fingerprint density at radius 3 is 2.81 bits per heavy atom. The van der Waals surface area contributed by atoms with E-state index in [4.69, 9.17) is 9.79 Å². The van der Waals surface area contributed by atoms with E-state index in [1.165, 1.54) is 12.3 Å². The first-order valence-corrected chi connectivity index (χ1v) is 6.02. The molecule has 0 radical (unpaired) electrons. The van der Waals surface area contributed by atoms with Gasteiger partial charge in [-0.2, -0.15) is 4.62 Å². The van der Waals surface area contributed by atoms with E-state index in [1.807, 2.05) is 0 Å². The fourth-order valence-corrected chi connectivity index (χ4v) is 1.89. The average Bonchev–Trinajstić information content (AvgIpc) is 2.15. The first-order valence-electron chi connectivity index (χ1n) is 4.49. The van der Waals surface area contributed by atoms with Crippen LogP contribution in [0.5, 0.6) is 5.75 Å². The number of phosphoric acid groups is 1. The molecule has 0 saturated heterocycles. The number of allylic oxidation sites excluding steroid dienone is 1. The Balaban J connectivity index is 2.40. The lowest BCUT2D eigenvalue weighted by Crippen LogP contribution is -2.19. The highest BCUT2D eigenvalue weighted by atomic mass is 31.2. The highest BCUT2D eigenvalue weighted by Crippen LogP contribution is 2.43. The van der Waals surface area contributed by atoms with E-state index in [0.717, 1.165) is 10.6 Å². The summed E-state index contributed by atoms with van der Waals surface area (Å²) in [6, 6.07) is 4.83. The normalized spacial score (nSPS) is 15.0. The molecular formula is C9H10NO5P. The van der Waals surface area contributed by atoms with Gasteiger partial charge in [0.1, 0.15) is 11.4 Å². The van der Waals surface area contributed by atoms with Gasteiger partial charge in [-0.1, -0.05) is 18.2 Å². The molecule has 0 atom stereocenters. The Bertz CT molecular complexity index is 481. The van der Waals surface area contributed by atoms with Crippen molar-refractivity contribution >= 4 is 13.5 Å². The largest absolute Gasteiger partial charge is 0.506 e. The molecule has 1 heterocycles. The molecule has 0 bridgehead atoms. The fraction of sp³-hybridized carbons (Fsp3) is 0.111. The van der Waals surface area contributed by atoms with Crippen molar-refractivity contribution in [2.45, 2.75) is 6.42 Å². The smallest absolute Gasteiger partial charge is 0.491 e. The molecule has 0 aromatic heterocycles. The van der Waals surface area contributed by atoms with Crippen molar-refractivity contribution < 1.29 is 24.1 Å². The minimum Gasteiger partial charge on any atom is -0.506 e. The van der Waals surface area contributed by atoms with E-state index in [-0.39, 0.29) is 11.4 Å². The van der Waals surface area contributed by atoms with Crippen molar-refractivity contribution in [1.82, 2.24) is 0 Å². The summed E-state index contributed by atoms with van der Waals surface area (Å²) < 4.78 is 15.2. The van der Waals surface area contributed by atoms with Gasteiger partial charge in [0.2, 0.25) is 0 Å². The number of para-hydroxylation sites is 1. The minimum atomic E-state index is -4.65. The quantitative estimate of drug-likeness (QED) is 0.678. The van der Waals surface area contributed by atoms with Gasteiger partial charge in [-0.25, -0.2) is 9.63 Å². The summed E-state index contributed by atoms with van der Waals surface area (Å²) in [6.45, 7) is 0. The zero-order valence-corrected chi connectivity index (χ0v) is 9.04. The summed E-state index contributed by atoms with van der Waals surface area (Å²) in [4.78, 5) is 17.4. The minimum absolute atomic E-state index is 0.0877. The van der Waals surface area contributed by atoms with Crippen molar-refractivity contribution in [1.29, 1.82) is 0 Å². The lowest BCUT2D eigenvalue weighted by molar-refractivity contribution is 0.194. The number of hydrogen-bond donors (Lipinski definition) is 3. The molecule has 0 spiro atoms. The number of benzene rings is 1. The van der Waals surface area contributed by atoms with E-state index >= 15 is 0 Å². The van der Waals surface area contributed by atoms with Crippen LogP contribution in [0.15, 0.2) is 30.5 Å². The van der Waals surface area contributed by atoms with Crippen LogP contribution in [-0.2, 0) is 15.6 Å². The predicted molar refractivity (Wildman–Crippen MR) is 56.6 cm³/mol. The number of fused-ring (bicyclic) bond motifs is 1. The molecule has 0 fully saturated rings. The SMILES string of the molecule is O=P(O)(O)ON1C=CCc2cccc(O)c21. The third-order valence-corrected chi connectivity index (χ3v) is 2.48. The van der Waals surface area contributed by atoms with Gasteiger partial charge >= 0.3 is 7.82 Å². The number of phenolic OH excluding ortho intramolecular Hbond substituents is 1. The number of aromatic hydroxyl groups is 1. The molecule has 1 aliphatic rings. The topological polar surface area (TPSA) is 90.2 Å². The summed E-state index contributed by atoms with van der Waals surface area (Å²) in [5.41, 5.74) is 0.990. The van der Waals surface area contributed by atoms with Crippen LogP contribution in [-0.4, -0.2) is 14.9 Å². The van der Waals surface area contributed by atoms with E-state index in [9.17, 15) is 9.67 Å². The van der Waals surface area contributed by atoms with Gasteiger partial charge in [-0.3, -0.25) is 0 Å². The highest BCUT2D eigenvalue weighted by Gasteiger charge is 2.25. The van der Waals surface area contributed by atoms with Crippen LogP contribution in [0.4, 0.5) is 5.69 Å². The second-order valence-electron chi connectivity index (χ2n) is 3.27. The second-order valence-corrected chi connectivity index (χ2v) is 4.42. The molecule has 0 saturated carbocycles. The van der Waals surface area contributed by atoms with Crippen molar-refractivity contribution in [2.24, 2.45) is 0 Å². The van der Waals surface area contributed by atoms with Crippen LogP contribution in [0.25, 0.3) is 0 Å². The molecule has 0 amide bonds. The molecule has 1 aromatic rings. The van der Waals surface area contributed by atoms with E-state index in [0.29, 0.717) is 6.42 Å². The van der Waals surface area contributed by atoms with Gasteiger partial charge < -0.3 is 14.9 Å². The molecule has 16 heavy (non-hydrogen) atoms. The molecule has 1 aromatic carbocycles. The van der Waals surface area contributed by atoms with Gasteiger partial charge in [0.15, 0.2) is 0 Å². The molecule has 0 aliphatic carbocycles. The van der Waals surface area contributed by atoms with Crippen LogP contribution in [0.2, 0.25) is 0 Å². The number of rotatable bonds is 2. The van der Waals surface area contributed by atoms with E-state index in [2.05, 4.69) is 4.62 Å². The third-order valence-electron chi connectivity index (χ3n) is 2.09. The summed E-state index contributed by atoms with van der Waals surface area (Å²) >= 11 is 0. The monoisotopic (exact) mass is 243 g/mol. The Morgan fingerprint density at radius 1 is 1.38 bits per heavy atom. The average molecular weight is 243 g/mol.